The van der Waals surface area contributed by atoms with Gasteiger partial charge in [-0.05, 0) is 31.9 Å². The van der Waals surface area contributed by atoms with Crippen LogP contribution in [0.15, 0.2) is 24.3 Å². The zero-order valence-electron chi connectivity index (χ0n) is 13.0. The molecule has 0 radical (unpaired) electrons. The van der Waals surface area contributed by atoms with Crippen molar-refractivity contribution in [3.05, 3.63) is 24.3 Å². The highest BCUT2D eigenvalue weighted by Gasteiger charge is 2.22. The van der Waals surface area contributed by atoms with Gasteiger partial charge < -0.3 is 19.9 Å². The molecular weight excluding hydrogens is 270 g/mol. The third kappa shape index (κ3) is 5.63. The van der Waals surface area contributed by atoms with Crippen LogP contribution in [0.3, 0.4) is 0 Å². The molecule has 0 saturated carbocycles. The van der Waals surface area contributed by atoms with E-state index in [9.17, 15) is 9.90 Å². The molecule has 0 unspecified atom stereocenters. The van der Waals surface area contributed by atoms with Crippen LogP contribution in [-0.2, 0) is 4.79 Å². The second kappa shape index (κ2) is 8.52. The number of ether oxygens (including phenoxy) is 2. The van der Waals surface area contributed by atoms with Gasteiger partial charge in [-0.2, -0.15) is 0 Å². The SMILES string of the molecule is CCOc1ccccc1OCC(=O)NCC(O)(CC)CC. The van der Waals surface area contributed by atoms with Gasteiger partial charge in [0.05, 0.1) is 12.2 Å². The smallest absolute Gasteiger partial charge is 0.258 e. The van der Waals surface area contributed by atoms with Crippen LogP contribution < -0.4 is 14.8 Å². The summed E-state index contributed by atoms with van der Waals surface area (Å²) in [5, 5.41) is 12.8. The predicted molar refractivity (Wildman–Crippen MR) is 81.6 cm³/mol. The highest BCUT2D eigenvalue weighted by Crippen LogP contribution is 2.26. The van der Waals surface area contributed by atoms with Crippen molar-refractivity contribution in [2.24, 2.45) is 0 Å². The standard InChI is InChI=1S/C16H25NO4/c1-4-16(19,5-2)12-17-15(18)11-21-14-10-8-7-9-13(14)20-6-3/h7-10,19H,4-6,11-12H2,1-3H3,(H,17,18). The highest BCUT2D eigenvalue weighted by molar-refractivity contribution is 5.77. The Kier molecular flexibility index (Phi) is 7.02. The van der Waals surface area contributed by atoms with Gasteiger partial charge in [0, 0.05) is 6.54 Å². The van der Waals surface area contributed by atoms with Gasteiger partial charge in [0.1, 0.15) is 0 Å². The van der Waals surface area contributed by atoms with Gasteiger partial charge in [-0.3, -0.25) is 4.79 Å². The number of benzene rings is 1. The zero-order valence-corrected chi connectivity index (χ0v) is 13.0. The van der Waals surface area contributed by atoms with Gasteiger partial charge >= 0.3 is 0 Å². The van der Waals surface area contributed by atoms with Crippen molar-refractivity contribution in [2.45, 2.75) is 39.2 Å². The van der Waals surface area contributed by atoms with E-state index in [1.807, 2.05) is 32.9 Å². The van der Waals surface area contributed by atoms with E-state index in [0.717, 1.165) is 0 Å². The zero-order chi connectivity index (χ0) is 15.7. The number of para-hydroxylation sites is 2. The van der Waals surface area contributed by atoms with Crippen molar-refractivity contribution in [3.63, 3.8) is 0 Å². The van der Waals surface area contributed by atoms with Crippen LogP contribution in [0, 0.1) is 0 Å². The molecule has 0 heterocycles. The minimum absolute atomic E-state index is 0.104. The molecule has 21 heavy (non-hydrogen) atoms. The normalized spacial score (nSPS) is 11.0. The van der Waals surface area contributed by atoms with Crippen LogP contribution in [-0.4, -0.2) is 36.4 Å². The number of carbonyl (C=O) groups excluding carboxylic acids is 1. The van der Waals surface area contributed by atoms with Gasteiger partial charge in [0.25, 0.3) is 5.91 Å². The molecule has 1 aromatic carbocycles. The van der Waals surface area contributed by atoms with Crippen LogP contribution in [0.25, 0.3) is 0 Å². The van der Waals surface area contributed by atoms with E-state index in [1.165, 1.54) is 0 Å². The summed E-state index contributed by atoms with van der Waals surface area (Å²) in [4.78, 5) is 11.8. The molecule has 1 aromatic rings. The van der Waals surface area contributed by atoms with Gasteiger partial charge in [0.15, 0.2) is 18.1 Å². The summed E-state index contributed by atoms with van der Waals surface area (Å²) in [5.41, 5.74) is -0.848. The number of hydrogen-bond acceptors (Lipinski definition) is 4. The highest BCUT2D eigenvalue weighted by atomic mass is 16.5. The Bertz CT molecular complexity index is 444. The molecular formula is C16H25NO4. The molecule has 0 atom stereocenters. The average Bonchev–Trinajstić information content (AvgIpc) is 2.52. The average molecular weight is 295 g/mol. The van der Waals surface area contributed by atoms with Gasteiger partial charge in [0.2, 0.25) is 0 Å². The summed E-state index contributed by atoms with van der Waals surface area (Å²) in [6.45, 7) is 6.34. The Labute approximate surface area is 126 Å². The second-order valence-corrected chi connectivity index (χ2v) is 4.88. The molecule has 0 fully saturated rings. The molecule has 5 heteroatoms. The maximum Gasteiger partial charge on any atom is 0.258 e. The lowest BCUT2D eigenvalue weighted by atomic mass is 9.98. The molecule has 0 spiro atoms. The fraction of sp³-hybridized carbons (Fsp3) is 0.562. The van der Waals surface area contributed by atoms with Crippen LogP contribution in [0.1, 0.15) is 33.6 Å². The van der Waals surface area contributed by atoms with E-state index >= 15 is 0 Å². The number of nitrogens with one attached hydrogen (secondary N) is 1. The molecule has 0 aliphatic carbocycles. The van der Waals surface area contributed by atoms with E-state index in [2.05, 4.69) is 5.32 Å². The Morgan fingerprint density at radius 1 is 1.14 bits per heavy atom. The summed E-state index contributed by atoms with van der Waals surface area (Å²) in [6, 6.07) is 7.22. The molecule has 0 saturated heterocycles. The Balaban J connectivity index is 2.46. The minimum Gasteiger partial charge on any atom is -0.490 e. The number of aliphatic hydroxyl groups is 1. The van der Waals surface area contributed by atoms with Crippen LogP contribution in [0.5, 0.6) is 11.5 Å². The topological polar surface area (TPSA) is 67.8 Å². The first kappa shape index (κ1) is 17.3. The van der Waals surface area contributed by atoms with Crippen molar-refractivity contribution in [1.82, 2.24) is 5.32 Å². The quantitative estimate of drug-likeness (QED) is 0.732. The molecule has 0 aliphatic heterocycles. The molecule has 0 aromatic heterocycles. The first-order valence-electron chi connectivity index (χ1n) is 7.38. The van der Waals surface area contributed by atoms with Gasteiger partial charge in [-0.15, -0.1) is 0 Å². The van der Waals surface area contributed by atoms with E-state index in [1.54, 1.807) is 12.1 Å². The van der Waals surface area contributed by atoms with Crippen molar-refractivity contribution in [1.29, 1.82) is 0 Å². The lowest BCUT2D eigenvalue weighted by Crippen LogP contribution is -2.43. The number of amides is 1. The molecule has 2 N–H and O–H groups in total. The summed E-state index contributed by atoms with van der Waals surface area (Å²) in [5.74, 6) is 0.892. The predicted octanol–water partition coefficient (Wildman–Crippen LogP) is 2.13. The van der Waals surface area contributed by atoms with Crippen molar-refractivity contribution in [2.75, 3.05) is 19.8 Å². The summed E-state index contributed by atoms with van der Waals surface area (Å²) in [6.07, 6.45) is 1.19. The largest absolute Gasteiger partial charge is 0.490 e. The fourth-order valence-corrected chi connectivity index (χ4v) is 1.80. The third-order valence-corrected chi connectivity index (χ3v) is 3.44. The van der Waals surface area contributed by atoms with E-state index in [0.29, 0.717) is 30.9 Å². The number of hydrogen-bond donors (Lipinski definition) is 2. The first-order chi connectivity index (χ1) is 10.0. The first-order valence-corrected chi connectivity index (χ1v) is 7.38. The fourth-order valence-electron chi connectivity index (χ4n) is 1.80. The number of rotatable bonds is 9. The lowest BCUT2D eigenvalue weighted by Gasteiger charge is -2.25. The minimum atomic E-state index is -0.848. The van der Waals surface area contributed by atoms with Crippen molar-refractivity contribution < 1.29 is 19.4 Å². The van der Waals surface area contributed by atoms with Gasteiger partial charge in [-0.1, -0.05) is 26.0 Å². The number of carbonyl (C=O) groups is 1. The monoisotopic (exact) mass is 295 g/mol. The van der Waals surface area contributed by atoms with E-state index in [4.69, 9.17) is 9.47 Å². The van der Waals surface area contributed by atoms with E-state index in [-0.39, 0.29) is 19.1 Å². The molecule has 1 amide bonds. The molecule has 0 aliphatic rings. The summed E-state index contributed by atoms with van der Waals surface area (Å²) in [7, 11) is 0. The van der Waals surface area contributed by atoms with Crippen molar-refractivity contribution in [3.8, 4) is 11.5 Å². The second-order valence-electron chi connectivity index (χ2n) is 4.88. The Morgan fingerprint density at radius 3 is 2.24 bits per heavy atom. The van der Waals surface area contributed by atoms with E-state index < -0.39 is 5.60 Å². The maximum atomic E-state index is 11.8. The Hall–Kier alpha value is -1.75. The summed E-state index contributed by atoms with van der Waals surface area (Å²) >= 11 is 0. The molecule has 0 bridgehead atoms. The summed E-state index contributed by atoms with van der Waals surface area (Å²) < 4.78 is 10.9. The van der Waals surface area contributed by atoms with Crippen LogP contribution in [0.2, 0.25) is 0 Å². The van der Waals surface area contributed by atoms with Gasteiger partial charge in [-0.25, -0.2) is 0 Å². The van der Waals surface area contributed by atoms with Crippen LogP contribution >= 0.6 is 0 Å². The lowest BCUT2D eigenvalue weighted by molar-refractivity contribution is -0.124. The van der Waals surface area contributed by atoms with Crippen molar-refractivity contribution >= 4 is 5.91 Å². The molecule has 118 valence electrons. The maximum absolute atomic E-state index is 11.8. The van der Waals surface area contributed by atoms with Crippen LogP contribution in [0.4, 0.5) is 0 Å². The third-order valence-electron chi connectivity index (χ3n) is 3.44. The molecule has 1 rings (SSSR count). The Morgan fingerprint density at radius 2 is 1.71 bits per heavy atom. The molecule has 5 nitrogen and oxygen atoms in total.